The zero-order valence-electron chi connectivity index (χ0n) is 16.9. The van der Waals surface area contributed by atoms with Gasteiger partial charge in [-0.2, -0.15) is 0 Å². The van der Waals surface area contributed by atoms with Crippen molar-refractivity contribution in [1.29, 1.82) is 0 Å². The summed E-state index contributed by atoms with van der Waals surface area (Å²) < 4.78 is 0. The molecule has 5 nitrogen and oxygen atoms in total. The number of carbonyl (C=O) groups is 2. The normalized spacial score (nSPS) is 12.5. The average Bonchev–Trinajstić information content (AvgIpc) is 2.84. The van der Waals surface area contributed by atoms with Crippen molar-refractivity contribution in [3.05, 3.63) is 119 Å². The van der Waals surface area contributed by atoms with Gasteiger partial charge in [-0.15, -0.1) is 0 Å². The first-order valence-electron chi connectivity index (χ1n) is 10.1. The van der Waals surface area contributed by atoms with Crippen LogP contribution in [0.25, 0.3) is 0 Å². The van der Waals surface area contributed by atoms with Crippen LogP contribution in [-0.4, -0.2) is 22.9 Å². The number of nitrogens with one attached hydrogen (secondary N) is 1. The van der Waals surface area contributed by atoms with Gasteiger partial charge in [0.25, 0.3) is 0 Å². The van der Waals surface area contributed by atoms with Crippen molar-refractivity contribution in [3.8, 4) is 5.75 Å². The molecule has 0 saturated heterocycles. The van der Waals surface area contributed by atoms with E-state index in [1.165, 1.54) is 6.07 Å². The number of aliphatic imine (C=N–C) groups is 1. The molecule has 5 heteroatoms. The third kappa shape index (κ3) is 3.46. The van der Waals surface area contributed by atoms with Gasteiger partial charge in [0, 0.05) is 23.0 Å². The van der Waals surface area contributed by atoms with E-state index in [4.69, 9.17) is 0 Å². The van der Waals surface area contributed by atoms with Gasteiger partial charge in [-0.05, 0) is 42.0 Å². The van der Waals surface area contributed by atoms with Crippen LogP contribution < -0.4 is 5.32 Å². The average molecular weight is 418 g/mol. The summed E-state index contributed by atoms with van der Waals surface area (Å²) in [6.07, 6.45) is 1.78. The monoisotopic (exact) mass is 418 g/mol. The Morgan fingerprint density at radius 3 is 2.00 bits per heavy atom. The van der Waals surface area contributed by atoms with Crippen LogP contribution in [0.2, 0.25) is 0 Å². The summed E-state index contributed by atoms with van der Waals surface area (Å²) in [4.78, 5) is 30.6. The molecule has 0 fully saturated rings. The number of aromatic hydroxyl groups is 1. The lowest BCUT2D eigenvalue weighted by molar-refractivity contribution is 0.0977. The zero-order valence-corrected chi connectivity index (χ0v) is 16.9. The molecule has 2 N–H and O–H groups in total. The first kappa shape index (κ1) is 19.5. The maximum Gasteiger partial charge on any atom is 0.198 e. The first-order valence-corrected chi connectivity index (χ1v) is 10.1. The van der Waals surface area contributed by atoms with Gasteiger partial charge in [0.1, 0.15) is 5.75 Å². The van der Waals surface area contributed by atoms with E-state index in [-0.39, 0.29) is 28.4 Å². The van der Waals surface area contributed by atoms with E-state index in [0.29, 0.717) is 16.8 Å². The van der Waals surface area contributed by atoms with E-state index < -0.39 is 0 Å². The second-order valence-electron chi connectivity index (χ2n) is 7.43. The Kier molecular flexibility index (Phi) is 4.84. The molecule has 0 bridgehead atoms. The van der Waals surface area contributed by atoms with Crippen molar-refractivity contribution in [1.82, 2.24) is 0 Å². The fourth-order valence-electron chi connectivity index (χ4n) is 3.78. The molecule has 0 aliphatic heterocycles. The number of hydrogen-bond donors (Lipinski definition) is 2. The summed E-state index contributed by atoms with van der Waals surface area (Å²) in [6.45, 7) is 0. The summed E-state index contributed by atoms with van der Waals surface area (Å²) in [5, 5.41) is 13.5. The Morgan fingerprint density at radius 1 is 0.688 bits per heavy atom. The molecule has 5 rings (SSSR count). The highest BCUT2D eigenvalue weighted by Gasteiger charge is 2.33. The number of anilines is 2. The van der Waals surface area contributed by atoms with Gasteiger partial charge in [-0.1, -0.05) is 54.6 Å². The third-order valence-corrected chi connectivity index (χ3v) is 5.36. The molecule has 1 aliphatic rings. The molecule has 0 heterocycles. The van der Waals surface area contributed by atoms with Crippen molar-refractivity contribution in [3.63, 3.8) is 0 Å². The predicted molar refractivity (Wildman–Crippen MR) is 125 cm³/mol. The largest absolute Gasteiger partial charge is 0.507 e. The van der Waals surface area contributed by atoms with Crippen molar-refractivity contribution in [2.75, 3.05) is 5.32 Å². The molecule has 0 aromatic heterocycles. The number of phenolic OH excluding ortho intramolecular Hbond substituents is 1. The molecule has 4 aromatic rings. The summed E-state index contributed by atoms with van der Waals surface area (Å²) in [5.41, 5.74) is 3.87. The number of phenols is 1. The number of benzene rings is 4. The van der Waals surface area contributed by atoms with Gasteiger partial charge in [-0.25, -0.2) is 0 Å². The second kappa shape index (κ2) is 7.96. The summed E-state index contributed by atoms with van der Waals surface area (Å²) >= 11 is 0. The quantitative estimate of drug-likeness (QED) is 0.291. The molecule has 0 unspecified atom stereocenters. The van der Waals surface area contributed by atoms with Gasteiger partial charge in [0.2, 0.25) is 0 Å². The van der Waals surface area contributed by atoms with E-state index in [1.807, 2.05) is 54.6 Å². The Labute approximate surface area is 184 Å². The molecular formula is C27H18N2O3. The Balaban J connectivity index is 1.45. The lowest BCUT2D eigenvalue weighted by Crippen LogP contribution is -2.22. The third-order valence-electron chi connectivity index (χ3n) is 5.36. The fourth-order valence-corrected chi connectivity index (χ4v) is 3.78. The van der Waals surface area contributed by atoms with Crippen LogP contribution in [0.1, 0.15) is 37.4 Å². The predicted octanol–water partition coefficient (Wildman–Crippen LogP) is 5.66. The molecule has 0 saturated carbocycles. The Bertz CT molecular complexity index is 1370. The summed E-state index contributed by atoms with van der Waals surface area (Å²) in [5.74, 6) is -0.852. The highest BCUT2D eigenvalue weighted by molar-refractivity contribution is 6.31. The van der Waals surface area contributed by atoms with E-state index in [2.05, 4.69) is 10.3 Å². The van der Waals surface area contributed by atoms with Crippen LogP contribution in [0, 0.1) is 0 Å². The van der Waals surface area contributed by atoms with Crippen LogP contribution in [0.5, 0.6) is 5.75 Å². The van der Waals surface area contributed by atoms with Gasteiger partial charge >= 0.3 is 0 Å². The number of rotatable bonds is 4. The molecule has 0 spiro atoms. The lowest BCUT2D eigenvalue weighted by atomic mass is 9.82. The topological polar surface area (TPSA) is 78.8 Å². The summed E-state index contributed by atoms with van der Waals surface area (Å²) in [6, 6.07) is 26.9. The standard InChI is InChI=1S/C27H18N2O3/c30-23-15-14-22(24-25(23)27(32)21-9-5-4-8-20(21)26(24)31)29-19-12-10-17(11-13-19)16-28-18-6-2-1-3-7-18/h1-16,29-30H. The van der Waals surface area contributed by atoms with Crippen LogP contribution in [0.3, 0.4) is 0 Å². The Hall–Kier alpha value is -4.51. The number of hydrogen-bond acceptors (Lipinski definition) is 5. The number of para-hydroxylation sites is 1. The number of ketones is 2. The van der Waals surface area contributed by atoms with Crippen LogP contribution in [0.4, 0.5) is 17.1 Å². The van der Waals surface area contributed by atoms with Gasteiger partial charge in [0.15, 0.2) is 11.6 Å². The Morgan fingerprint density at radius 2 is 1.31 bits per heavy atom. The molecule has 1 aliphatic carbocycles. The van der Waals surface area contributed by atoms with E-state index in [9.17, 15) is 14.7 Å². The molecular weight excluding hydrogens is 400 g/mol. The van der Waals surface area contributed by atoms with Gasteiger partial charge in [-0.3, -0.25) is 14.6 Å². The SMILES string of the molecule is O=C1c2ccccc2C(=O)c2c(Nc3ccc(C=Nc4ccccc4)cc3)ccc(O)c21. The molecule has 0 amide bonds. The van der Waals surface area contributed by atoms with Crippen LogP contribution in [0.15, 0.2) is 96.0 Å². The maximum absolute atomic E-state index is 13.2. The van der Waals surface area contributed by atoms with Gasteiger partial charge in [0.05, 0.1) is 22.5 Å². The molecule has 4 aromatic carbocycles. The highest BCUT2D eigenvalue weighted by Crippen LogP contribution is 2.37. The summed E-state index contributed by atoms with van der Waals surface area (Å²) in [7, 11) is 0. The van der Waals surface area contributed by atoms with E-state index >= 15 is 0 Å². The first-order chi connectivity index (χ1) is 15.6. The smallest absolute Gasteiger partial charge is 0.198 e. The number of fused-ring (bicyclic) bond motifs is 2. The van der Waals surface area contributed by atoms with Crippen molar-refractivity contribution >= 4 is 34.8 Å². The minimum absolute atomic E-state index is 0.0327. The van der Waals surface area contributed by atoms with Crippen LogP contribution >= 0.6 is 0 Å². The highest BCUT2D eigenvalue weighted by atomic mass is 16.3. The van der Waals surface area contributed by atoms with Gasteiger partial charge < -0.3 is 10.4 Å². The van der Waals surface area contributed by atoms with Crippen molar-refractivity contribution < 1.29 is 14.7 Å². The zero-order chi connectivity index (χ0) is 22.1. The molecule has 154 valence electrons. The lowest BCUT2D eigenvalue weighted by Gasteiger charge is -2.21. The van der Waals surface area contributed by atoms with E-state index in [0.717, 1.165) is 16.9 Å². The minimum atomic E-state index is -0.358. The fraction of sp³-hybridized carbons (Fsp3) is 0. The molecule has 0 radical (unpaired) electrons. The van der Waals surface area contributed by atoms with E-state index in [1.54, 1.807) is 36.5 Å². The number of nitrogens with zero attached hydrogens (tertiary/aromatic N) is 1. The van der Waals surface area contributed by atoms with Crippen molar-refractivity contribution in [2.24, 2.45) is 4.99 Å². The minimum Gasteiger partial charge on any atom is -0.507 e. The number of carbonyl (C=O) groups excluding carboxylic acids is 2. The maximum atomic E-state index is 13.2. The molecule has 32 heavy (non-hydrogen) atoms. The molecule has 0 atom stereocenters. The second-order valence-corrected chi connectivity index (χ2v) is 7.43. The van der Waals surface area contributed by atoms with Crippen LogP contribution in [-0.2, 0) is 0 Å². The van der Waals surface area contributed by atoms with Crippen molar-refractivity contribution in [2.45, 2.75) is 0 Å².